The van der Waals surface area contributed by atoms with Gasteiger partial charge in [-0.3, -0.25) is 19.8 Å². The molecule has 2 aromatic rings. The van der Waals surface area contributed by atoms with Crippen molar-refractivity contribution in [3.63, 3.8) is 0 Å². The number of amides is 4. The molecule has 0 saturated carbocycles. The Morgan fingerprint density at radius 1 is 1.06 bits per heavy atom. The Bertz CT molecular complexity index is 1200. The maximum absolute atomic E-state index is 13.6. The number of carbonyl (C=O) groups is 3. The van der Waals surface area contributed by atoms with Crippen LogP contribution >= 0.6 is 0 Å². The second-order valence-corrected chi connectivity index (χ2v) is 9.46. The van der Waals surface area contributed by atoms with Crippen LogP contribution in [0, 0.1) is 11.7 Å². The SMILES string of the molecule is O=C1CCN(N2Cc3cc(CN4CC(C5CCOc6cc(F)ccc65)C4)ccc3C2=O)C(=O)N1. The van der Waals surface area contributed by atoms with Crippen molar-refractivity contribution in [1.29, 1.82) is 0 Å². The van der Waals surface area contributed by atoms with E-state index in [0.29, 0.717) is 36.3 Å². The van der Waals surface area contributed by atoms with Gasteiger partial charge in [-0.1, -0.05) is 18.2 Å². The predicted octanol–water partition coefficient (Wildman–Crippen LogP) is 2.64. The number of halogens is 1. The van der Waals surface area contributed by atoms with Crippen molar-refractivity contribution >= 4 is 17.8 Å². The van der Waals surface area contributed by atoms with Crippen molar-refractivity contribution in [2.75, 3.05) is 26.2 Å². The summed E-state index contributed by atoms with van der Waals surface area (Å²) in [5, 5.41) is 5.01. The molecule has 0 aromatic heterocycles. The summed E-state index contributed by atoms with van der Waals surface area (Å²) in [5.74, 6) is 0.767. The minimum Gasteiger partial charge on any atom is -0.493 e. The summed E-state index contributed by atoms with van der Waals surface area (Å²) < 4.78 is 19.2. The number of likely N-dealkylation sites (tertiary alicyclic amines) is 1. The minimum atomic E-state index is -0.554. The van der Waals surface area contributed by atoms with E-state index in [2.05, 4.69) is 10.2 Å². The van der Waals surface area contributed by atoms with Gasteiger partial charge in [0.2, 0.25) is 5.91 Å². The van der Waals surface area contributed by atoms with Gasteiger partial charge in [0.05, 0.1) is 19.7 Å². The lowest BCUT2D eigenvalue weighted by Gasteiger charge is -2.45. The van der Waals surface area contributed by atoms with Crippen LogP contribution in [-0.2, 0) is 17.9 Å². The number of nitrogens with one attached hydrogen (secondary N) is 1. The summed E-state index contributed by atoms with van der Waals surface area (Å²) in [4.78, 5) is 38.8. The molecule has 2 aromatic carbocycles. The second-order valence-electron chi connectivity index (χ2n) is 9.46. The number of hydrogen-bond acceptors (Lipinski definition) is 5. The average molecular weight is 464 g/mol. The summed E-state index contributed by atoms with van der Waals surface area (Å²) in [6.45, 7) is 3.86. The van der Waals surface area contributed by atoms with E-state index in [0.717, 1.165) is 42.7 Å². The number of nitrogens with zero attached hydrogens (tertiary/aromatic N) is 3. The topological polar surface area (TPSA) is 82.2 Å². The highest BCUT2D eigenvalue weighted by Crippen LogP contribution is 2.42. The molecule has 0 radical (unpaired) electrons. The van der Waals surface area contributed by atoms with Crippen molar-refractivity contribution in [3.05, 3.63) is 64.5 Å². The molecule has 1 unspecified atom stereocenters. The minimum absolute atomic E-state index is 0.180. The molecule has 4 aliphatic heterocycles. The molecule has 6 rings (SSSR count). The number of hydrazine groups is 1. The first-order valence-electron chi connectivity index (χ1n) is 11.7. The number of imide groups is 1. The Morgan fingerprint density at radius 2 is 1.91 bits per heavy atom. The van der Waals surface area contributed by atoms with Crippen LogP contribution < -0.4 is 10.1 Å². The van der Waals surface area contributed by atoms with Gasteiger partial charge >= 0.3 is 6.03 Å². The third-order valence-electron chi connectivity index (χ3n) is 7.30. The highest BCUT2D eigenvalue weighted by Gasteiger charge is 2.39. The summed E-state index contributed by atoms with van der Waals surface area (Å²) in [5.41, 5.74) is 3.72. The molecule has 4 amide bonds. The fourth-order valence-electron chi connectivity index (χ4n) is 5.57. The number of benzene rings is 2. The zero-order chi connectivity index (χ0) is 23.4. The van der Waals surface area contributed by atoms with Gasteiger partial charge in [0, 0.05) is 37.7 Å². The second kappa shape index (κ2) is 8.09. The van der Waals surface area contributed by atoms with E-state index in [-0.39, 0.29) is 30.6 Å². The molecule has 1 N–H and O–H groups in total. The molecule has 9 heteroatoms. The highest BCUT2D eigenvalue weighted by molar-refractivity contribution is 6.01. The van der Waals surface area contributed by atoms with Crippen LogP contribution in [0.5, 0.6) is 5.75 Å². The first-order chi connectivity index (χ1) is 16.5. The maximum atomic E-state index is 13.6. The van der Waals surface area contributed by atoms with Crippen LogP contribution in [0.1, 0.15) is 45.8 Å². The number of ether oxygens (including phenoxy) is 1. The summed E-state index contributed by atoms with van der Waals surface area (Å²) in [7, 11) is 0. The van der Waals surface area contributed by atoms with E-state index < -0.39 is 6.03 Å². The molecule has 34 heavy (non-hydrogen) atoms. The molecule has 4 heterocycles. The van der Waals surface area contributed by atoms with E-state index in [1.807, 2.05) is 24.3 Å². The normalized spacial score (nSPS) is 22.7. The first-order valence-corrected chi connectivity index (χ1v) is 11.7. The smallest absolute Gasteiger partial charge is 0.342 e. The van der Waals surface area contributed by atoms with Crippen LogP contribution in [-0.4, -0.2) is 59.0 Å². The third-order valence-corrected chi connectivity index (χ3v) is 7.30. The fourth-order valence-corrected chi connectivity index (χ4v) is 5.57. The number of urea groups is 1. The predicted molar refractivity (Wildman–Crippen MR) is 119 cm³/mol. The Hall–Kier alpha value is -3.46. The van der Waals surface area contributed by atoms with Gasteiger partial charge in [-0.15, -0.1) is 0 Å². The van der Waals surface area contributed by atoms with E-state index >= 15 is 0 Å². The number of hydrogen-bond donors (Lipinski definition) is 1. The monoisotopic (exact) mass is 464 g/mol. The van der Waals surface area contributed by atoms with Crippen molar-refractivity contribution < 1.29 is 23.5 Å². The summed E-state index contributed by atoms with van der Waals surface area (Å²) in [6.07, 6.45) is 1.13. The fraction of sp³-hybridized carbons (Fsp3) is 0.400. The van der Waals surface area contributed by atoms with Crippen molar-refractivity contribution in [3.8, 4) is 5.75 Å². The standard InChI is InChI=1S/C25H25FN4O4/c26-18-2-4-21-19(6-8-34-22(21)10-18)17-12-28(13-17)11-15-1-3-20-16(9-15)14-30(24(20)32)29-7-5-23(31)27-25(29)33/h1-4,9-10,17,19H,5-8,11-14H2,(H,27,31,33). The van der Waals surface area contributed by atoms with Gasteiger partial charge in [-0.2, -0.15) is 0 Å². The van der Waals surface area contributed by atoms with Crippen molar-refractivity contribution in [2.45, 2.75) is 31.8 Å². The van der Waals surface area contributed by atoms with Gasteiger partial charge in [0.25, 0.3) is 5.91 Å². The van der Waals surface area contributed by atoms with Crippen molar-refractivity contribution in [2.24, 2.45) is 5.92 Å². The van der Waals surface area contributed by atoms with Gasteiger partial charge in [0.1, 0.15) is 11.6 Å². The quantitative estimate of drug-likeness (QED) is 0.753. The average Bonchev–Trinajstić information content (AvgIpc) is 3.11. The summed E-state index contributed by atoms with van der Waals surface area (Å²) in [6, 6.07) is 10.1. The van der Waals surface area contributed by atoms with Gasteiger partial charge in [-0.05, 0) is 47.1 Å². The molecule has 4 aliphatic rings. The zero-order valence-electron chi connectivity index (χ0n) is 18.6. The van der Waals surface area contributed by atoms with E-state index in [9.17, 15) is 18.8 Å². The van der Waals surface area contributed by atoms with Gasteiger partial charge in [0.15, 0.2) is 0 Å². The van der Waals surface area contributed by atoms with E-state index in [4.69, 9.17) is 4.74 Å². The number of carbonyl (C=O) groups excluding carboxylic acids is 3. The molecular weight excluding hydrogens is 439 g/mol. The Labute approximate surface area is 196 Å². The Balaban J connectivity index is 1.09. The molecule has 0 aliphatic carbocycles. The van der Waals surface area contributed by atoms with E-state index in [1.54, 1.807) is 0 Å². The maximum Gasteiger partial charge on any atom is 0.342 e. The van der Waals surface area contributed by atoms with Crippen LogP contribution in [0.25, 0.3) is 0 Å². The van der Waals surface area contributed by atoms with Crippen LogP contribution in [0.3, 0.4) is 0 Å². The largest absolute Gasteiger partial charge is 0.493 e. The molecule has 1 atom stereocenters. The van der Waals surface area contributed by atoms with Crippen molar-refractivity contribution in [1.82, 2.24) is 20.2 Å². The van der Waals surface area contributed by atoms with Crippen LogP contribution in [0.15, 0.2) is 36.4 Å². The van der Waals surface area contributed by atoms with Crippen LogP contribution in [0.4, 0.5) is 9.18 Å². The molecule has 0 bridgehead atoms. The Kier molecular flexibility index (Phi) is 5.02. The third kappa shape index (κ3) is 3.60. The number of rotatable bonds is 4. The lowest BCUT2D eigenvalue weighted by Crippen LogP contribution is -2.56. The van der Waals surface area contributed by atoms with Gasteiger partial charge in [-0.25, -0.2) is 19.2 Å². The van der Waals surface area contributed by atoms with Gasteiger partial charge < -0.3 is 4.74 Å². The van der Waals surface area contributed by atoms with E-state index in [1.165, 1.54) is 22.2 Å². The number of fused-ring (bicyclic) bond motifs is 2. The molecular formula is C25H25FN4O4. The molecule has 2 fully saturated rings. The Morgan fingerprint density at radius 3 is 2.74 bits per heavy atom. The summed E-state index contributed by atoms with van der Waals surface area (Å²) >= 11 is 0. The first kappa shape index (κ1) is 21.1. The lowest BCUT2D eigenvalue weighted by atomic mass is 9.77. The molecule has 0 spiro atoms. The van der Waals surface area contributed by atoms with Crippen LogP contribution in [0.2, 0.25) is 0 Å². The zero-order valence-corrected chi connectivity index (χ0v) is 18.6. The molecule has 176 valence electrons. The lowest BCUT2D eigenvalue weighted by molar-refractivity contribution is -0.123. The molecule has 2 saturated heterocycles. The molecule has 8 nitrogen and oxygen atoms in total. The highest BCUT2D eigenvalue weighted by atomic mass is 19.1.